The molecule has 0 radical (unpaired) electrons. The largest absolute Gasteiger partial charge is 0.454 e. The average molecular weight is 315 g/mol. The molecule has 3 heterocycles. The van der Waals surface area contributed by atoms with Crippen LogP contribution in [0.25, 0.3) is 0 Å². The average Bonchev–Trinajstić information content (AvgIpc) is 3.13. The Morgan fingerprint density at radius 1 is 1.17 bits per heavy atom. The number of rotatable bonds is 2. The second kappa shape index (κ2) is 4.72. The number of benzene rings is 1. The predicted octanol–water partition coefficient (Wildman–Crippen LogP) is 1.84. The fourth-order valence-electron chi connectivity index (χ4n) is 4.93. The minimum absolute atomic E-state index is 0.113. The summed E-state index contributed by atoms with van der Waals surface area (Å²) in [6.07, 6.45) is 5.86. The molecule has 5 unspecified atom stereocenters. The Labute approximate surface area is 135 Å². The first-order chi connectivity index (χ1) is 11.3. The van der Waals surface area contributed by atoms with Crippen LogP contribution >= 0.6 is 0 Å². The maximum atomic E-state index is 5.92. The first-order valence-corrected chi connectivity index (χ1v) is 8.18. The highest BCUT2D eigenvalue weighted by Crippen LogP contribution is 2.54. The molecule has 5 nitrogen and oxygen atoms in total. The number of methoxy groups -OCH3 is 2. The van der Waals surface area contributed by atoms with Crippen molar-refractivity contribution in [2.45, 2.75) is 36.6 Å². The van der Waals surface area contributed by atoms with Gasteiger partial charge in [0.1, 0.15) is 0 Å². The summed E-state index contributed by atoms with van der Waals surface area (Å²) in [5, 5.41) is 0. The van der Waals surface area contributed by atoms with Gasteiger partial charge >= 0.3 is 0 Å². The molecule has 0 aromatic heterocycles. The van der Waals surface area contributed by atoms with Gasteiger partial charge in [0.2, 0.25) is 6.79 Å². The van der Waals surface area contributed by atoms with Crippen molar-refractivity contribution in [2.24, 2.45) is 0 Å². The first kappa shape index (κ1) is 13.8. The molecular formula is C18H21NO4. The summed E-state index contributed by atoms with van der Waals surface area (Å²) >= 11 is 0. The molecule has 122 valence electrons. The molecule has 1 saturated heterocycles. The van der Waals surface area contributed by atoms with Crippen LogP contribution in [0.2, 0.25) is 0 Å². The van der Waals surface area contributed by atoms with Crippen molar-refractivity contribution in [3.05, 3.63) is 35.4 Å². The van der Waals surface area contributed by atoms with Crippen LogP contribution in [-0.4, -0.2) is 50.7 Å². The van der Waals surface area contributed by atoms with Crippen LogP contribution in [0.4, 0.5) is 0 Å². The van der Waals surface area contributed by atoms with E-state index in [1.807, 2.05) is 7.11 Å². The Bertz CT molecular complexity index is 688. The second-order valence-corrected chi connectivity index (χ2v) is 6.83. The van der Waals surface area contributed by atoms with Crippen molar-refractivity contribution >= 4 is 0 Å². The highest BCUT2D eigenvalue weighted by Gasteiger charge is 2.59. The van der Waals surface area contributed by atoms with Crippen LogP contribution in [-0.2, 0) is 21.4 Å². The normalized spacial score (nSPS) is 39.2. The van der Waals surface area contributed by atoms with Gasteiger partial charge in [-0.15, -0.1) is 0 Å². The highest BCUT2D eigenvalue weighted by atomic mass is 16.7. The van der Waals surface area contributed by atoms with E-state index in [2.05, 4.69) is 29.2 Å². The lowest BCUT2D eigenvalue weighted by atomic mass is 9.65. The molecule has 0 N–H and O–H groups in total. The lowest BCUT2D eigenvalue weighted by molar-refractivity contribution is 0.0510. The molecule has 3 aliphatic heterocycles. The Balaban J connectivity index is 1.72. The van der Waals surface area contributed by atoms with E-state index in [9.17, 15) is 0 Å². The van der Waals surface area contributed by atoms with Crippen LogP contribution in [0.1, 0.15) is 17.5 Å². The molecule has 5 rings (SSSR count). The zero-order valence-corrected chi connectivity index (χ0v) is 13.5. The smallest absolute Gasteiger partial charge is 0.231 e. The van der Waals surface area contributed by atoms with E-state index in [1.165, 1.54) is 11.1 Å². The fourth-order valence-corrected chi connectivity index (χ4v) is 4.93. The van der Waals surface area contributed by atoms with Crippen LogP contribution < -0.4 is 9.47 Å². The topological polar surface area (TPSA) is 40.2 Å². The van der Waals surface area contributed by atoms with Gasteiger partial charge in [-0.25, -0.2) is 0 Å². The van der Waals surface area contributed by atoms with Crippen LogP contribution in [0.3, 0.4) is 0 Å². The third kappa shape index (κ3) is 1.67. The van der Waals surface area contributed by atoms with E-state index < -0.39 is 0 Å². The van der Waals surface area contributed by atoms with Crippen molar-refractivity contribution in [1.82, 2.24) is 4.90 Å². The lowest BCUT2D eigenvalue weighted by Gasteiger charge is -2.46. The highest BCUT2D eigenvalue weighted by molar-refractivity contribution is 5.56. The Hall–Kier alpha value is -1.56. The molecule has 5 atom stereocenters. The van der Waals surface area contributed by atoms with Gasteiger partial charge in [-0.3, -0.25) is 4.90 Å². The van der Waals surface area contributed by atoms with Crippen molar-refractivity contribution in [3.63, 3.8) is 0 Å². The number of ether oxygens (including phenoxy) is 4. The van der Waals surface area contributed by atoms with Crippen LogP contribution in [0.15, 0.2) is 24.3 Å². The van der Waals surface area contributed by atoms with Gasteiger partial charge in [0.05, 0.1) is 17.6 Å². The van der Waals surface area contributed by atoms with Crippen molar-refractivity contribution < 1.29 is 18.9 Å². The molecule has 1 fully saturated rings. The molecular weight excluding hydrogens is 294 g/mol. The minimum atomic E-state index is -0.113. The molecule has 2 bridgehead atoms. The number of hydrogen-bond donors (Lipinski definition) is 0. The molecule has 1 aromatic carbocycles. The van der Waals surface area contributed by atoms with Gasteiger partial charge in [-0.2, -0.15) is 0 Å². The Kier molecular flexibility index (Phi) is 2.84. The zero-order valence-electron chi connectivity index (χ0n) is 13.5. The first-order valence-electron chi connectivity index (χ1n) is 8.18. The molecule has 23 heavy (non-hydrogen) atoms. The summed E-state index contributed by atoms with van der Waals surface area (Å²) in [5.74, 6) is 1.72. The van der Waals surface area contributed by atoms with E-state index in [-0.39, 0.29) is 17.6 Å². The summed E-state index contributed by atoms with van der Waals surface area (Å²) < 4.78 is 22.7. The van der Waals surface area contributed by atoms with Gasteiger partial charge < -0.3 is 18.9 Å². The molecule has 5 heteroatoms. The van der Waals surface area contributed by atoms with Gasteiger partial charge in [0, 0.05) is 33.4 Å². The minimum Gasteiger partial charge on any atom is -0.454 e. The lowest BCUT2D eigenvalue weighted by Crippen LogP contribution is -2.52. The zero-order chi connectivity index (χ0) is 15.6. The maximum Gasteiger partial charge on any atom is 0.231 e. The van der Waals surface area contributed by atoms with E-state index >= 15 is 0 Å². The summed E-state index contributed by atoms with van der Waals surface area (Å²) in [6, 6.07) is 4.74. The van der Waals surface area contributed by atoms with E-state index in [0.717, 1.165) is 31.0 Å². The molecule has 0 spiro atoms. The molecule has 4 aliphatic rings. The molecule has 0 amide bonds. The van der Waals surface area contributed by atoms with Gasteiger partial charge in [0.15, 0.2) is 11.5 Å². The van der Waals surface area contributed by atoms with Crippen molar-refractivity contribution in [1.29, 1.82) is 0 Å². The third-order valence-corrected chi connectivity index (χ3v) is 5.99. The standard InChI is InChI=1S/C18H21NO4/c1-20-12-3-4-18-13-7-15-14(22-10-23-15)5-11(13)8-19(16(18)6-12)9-17(18)21-2/h3-5,7,12,16-17H,6,8-10H2,1-2H3. The van der Waals surface area contributed by atoms with E-state index in [0.29, 0.717) is 12.8 Å². The van der Waals surface area contributed by atoms with E-state index in [1.54, 1.807) is 7.11 Å². The molecule has 0 saturated carbocycles. The number of fused-ring (bicyclic) bond motifs is 2. The molecule has 1 aromatic rings. The quantitative estimate of drug-likeness (QED) is 0.779. The van der Waals surface area contributed by atoms with Crippen molar-refractivity contribution in [2.75, 3.05) is 27.6 Å². The molecule has 1 aliphatic carbocycles. The predicted molar refractivity (Wildman–Crippen MR) is 83.8 cm³/mol. The van der Waals surface area contributed by atoms with Crippen LogP contribution in [0, 0.1) is 0 Å². The van der Waals surface area contributed by atoms with Crippen LogP contribution in [0.5, 0.6) is 11.5 Å². The Morgan fingerprint density at radius 3 is 2.78 bits per heavy atom. The maximum absolute atomic E-state index is 5.92. The monoisotopic (exact) mass is 315 g/mol. The fraction of sp³-hybridized carbons (Fsp3) is 0.556. The second-order valence-electron chi connectivity index (χ2n) is 6.83. The van der Waals surface area contributed by atoms with Crippen molar-refractivity contribution in [3.8, 4) is 11.5 Å². The van der Waals surface area contributed by atoms with E-state index in [4.69, 9.17) is 18.9 Å². The summed E-state index contributed by atoms with van der Waals surface area (Å²) in [4.78, 5) is 2.54. The summed E-state index contributed by atoms with van der Waals surface area (Å²) in [7, 11) is 3.61. The third-order valence-electron chi connectivity index (χ3n) is 5.99. The SMILES string of the molecule is COC1C=CC23c4cc5c(cc4CN(CC2OC)C3C1)OCO5. The summed E-state index contributed by atoms with van der Waals surface area (Å²) in [6.45, 7) is 2.19. The Morgan fingerprint density at radius 2 is 2.00 bits per heavy atom. The number of hydrogen-bond acceptors (Lipinski definition) is 5. The number of nitrogens with zero attached hydrogens (tertiary/aromatic N) is 1. The van der Waals surface area contributed by atoms with Gasteiger partial charge in [-0.1, -0.05) is 12.2 Å². The summed E-state index contributed by atoms with van der Waals surface area (Å²) in [5.41, 5.74) is 2.54. The van der Waals surface area contributed by atoms with Gasteiger partial charge in [0.25, 0.3) is 0 Å². The van der Waals surface area contributed by atoms with Gasteiger partial charge in [-0.05, 0) is 29.7 Å².